The summed E-state index contributed by atoms with van der Waals surface area (Å²) in [5.41, 5.74) is -0.0602. The van der Waals surface area contributed by atoms with Gasteiger partial charge in [-0.3, -0.25) is 0 Å². The molecule has 2 rings (SSSR count). The number of rotatable bonds is 6. The molecule has 0 amide bonds. The van der Waals surface area contributed by atoms with Crippen LogP contribution in [-0.2, 0) is 10.2 Å². The first kappa shape index (κ1) is 16.0. The van der Waals surface area contributed by atoms with Gasteiger partial charge in [0, 0.05) is 30.7 Å². The van der Waals surface area contributed by atoms with Gasteiger partial charge in [0.05, 0.1) is 6.10 Å². The van der Waals surface area contributed by atoms with Crippen LogP contribution in [0.1, 0.15) is 53.3 Å². The molecule has 0 unspecified atom stereocenters. The number of hydrogen-bond donors (Lipinski definition) is 2. The first-order valence-electron chi connectivity index (χ1n) is 7.94. The van der Waals surface area contributed by atoms with Gasteiger partial charge in [0.2, 0.25) is 0 Å². The van der Waals surface area contributed by atoms with Crippen LogP contribution < -0.4 is 10.6 Å². The average molecular weight is 292 g/mol. The predicted octanol–water partition coefficient (Wildman–Crippen LogP) is 3.19. The zero-order valence-corrected chi connectivity index (χ0v) is 13.9. The van der Waals surface area contributed by atoms with Gasteiger partial charge in [0.1, 0.15) is 17.5 Å². The third kappa shape index (κ3) is 4.30. The van der Waals surface area contributed by atoms with Crippen molar-refractivity contribution in [2.24, 2.45) is 0 Å². The van der Waals surface area contributed by atoms with Gasteiger partial charge in [-0.15, -0.1) is 0 Å². The van der Waals surface area contributed by atoms with E-state index in [2.05, 4.69) is 48.3 Å². The topological polar surface area (TPSA) is 59.1 Å². The van der Waals surface area contributed by atoms with Crippen LogP contribution in [0.25, 0.3) is 0 Å². The van der Waals surface area contributed by atoms with Crippen LogP contribution in [0.5, 0.6) is 0 Å². The summed E-state index contributed by atoms with van der Waals surface area (Å²) in [6, 6.07) is 2.45. The van der Waals surface area contributed by atoms with Gasteiger partial charge in [0.25, 0.3) is 0 Å². The molecule has 118 valence electrons. The Morgan fingerprint density at radius 2 is 1.86 bits per heavy atom. The van der Waals surface area contributed by atoms with Crippen LogP contribution in [-0.4, -0.2) is 35.3 Å². The van der Waals surface area contributed by atoms with Crippen molar-refractivity contribution in [3.63, 3.8) is 0 Å². The average Bonchev–Trinajstić information content (AvgIpc) is 2.35. The van der Waals surface area contributed by atoms with Crippen molar-refractivity contribution in [2.75, 3.05) is 23.8 Å². The van der Waals surface area contributed by atoms with E-state index in [1.54, 1.807) is 0 Å². The fourth-order valence-electron chi connectivity index (χ4n) is 2.39. The highest BCUT2D eigenvalue weighted by molar-refractivity contribution is 5.49. The van der Waals surface area contributed by atoms with Gasteiger partial charge < -0.3 is 15.4 Å². The number of aromatic nitrogens is 2. The number of nitrogens with one attached hydrogen (secondary N) is 2. The smallest absolute Gasteiger partial charge is 0.138 e. The van der Waals surface area contributed by atoms with E-state index in [0.29, 0.717) is 12.1 Å². The molecule has 0 saturated heterocycles. The molecule has 21 heavy (non-hydrogen) atoms. The Labute approximate surface area is 127 Å². The molecule has 2 N–H and O–H groups in total. The van der Waals surface area contributed by atoms with E-state index < -0.39 is 0 Å². The highest BCUT2D eigenvalue weighted by Gasteiger charge is 2.30. The minimum absolute atomic E-state index is 0.0602. The summed E-state index contributed by atoms with van der Waals surface area (Å²) in [4.78, 5) is 9.28. The Morgan fingerprint density at radius 3 is 2.43 bits per heavy atom. The molecule has 0 atom stereocenters. The highest BCUT2D eigenvalue weighted by Crippen LogP contribution is 2.28. The predicted molar refractivity (Wildman–Crippen MR) is 87.0 cm³/mol. The molecule has 1 aromatic heterocycles. The second-order valence-electron chi connectivity index (χ2n) is 6.63. The third-order valence-electron chi connectivity index (χ3n) is 3.60. The van der Waals surface area contributed by atoms with Crippen LogP contribution >= 0.6 is 0 Å². The summed E-state index contributed by atoms with van der Waals surface area (Å²) in [6.45, 7) is 12.2. The molecule has 0 bridgehead atoms. The van der Waals surface area contributed by atoms with Gasteiger partial charge in [-0.1, -0.05) is 20.8 Å². The minimum Gasteiger partial charge on any atom is -0.378 e. The van der Waals surface area contributed by atoms with Gasteiger partial charge in [-0.2, -0.15) is 0 Å². The zero-order chi connectivity index (χ0) is 15.5. The molecule has 1 heterocycles. The van der Waals surface area contributed by atoms with E-state index in [-0.39, 0.29) is 5.41 Å². The molecule has 0 aliphatic heterocycles. The molecule has 0 spiro atoms. The molecule has 1 saturated carbocycles. The third-order valence-corrected chi connectivity index (χ3v) is 3.60. The van der Waals surface area contributed by atoms with Crippen molar-refractivity contribution in [3.8, 4) is 0 Å². The fraction of sp³-hybridized carbons (Fsp3) is 0.750. The lowest BCUT2D eigenvalue weighted by Crippen LogP contribution is -2.41. The van der Waals surface area contributed by atoms with E-state index in [1.165, 1.54) is 0 Å². The minimum atomic E-state index is -0.0602. The number of hydrogen-bond acceptors (Lipinski definition) is 5. The largest absolute Gasteiger partial charge is 0.378 e. The van der Waals surface area contributed by atoms with Crippen LogP contribution in [0, 0.1) is 0 Å². The van der Waals surface area contributed by atoms with Gasteiger partial charge in [-0.25, -0.2) is 9.97 Å². The monoisotopic (exact) mass is 292 g/mol. The summed E-state index contributed by atoms with van der Waals surface area (Å²) < 4.78 is 5.60. The fourth-order valence-corrected chi connectivity index (χ4v) is 2.39. The van der Waals surface area contributed by atoms with Crippen molar-refractivity contribution < 1.29 is 4.74 Å². The normalized spacial score (nSPS) is 21.8. The van der Waals surface area contributed by atoms with Crippen molar-refractivity contribution in [2.45, 2.75) is 65.0 Å². The maximum Gasteiger partial charge on any atom is 0.138 e. The second kappa shape index (κ2) is 6.60. The standard InChI is InChI=1S/C16H28N4O/c1-6-17-13-10-14(20-15(19-13)16(3,4)5)18-11-8-12(9-11)21-7-2/h10-12H,6-9H2,1-5H3,(H2,17,18,19,20). The Balaban J connectivity index is 2.06. The maximum absolute atomic E-state index is 5.60. The summed E-state index contributed by atoms with van der Waals surface area (Å²) >= 11 is 0. The van der Waals surface area contributed by atoms with Crippen LogP contribution in [0.4, 0.5) is 11.6 Å². The number of anilines is 2. The van der Waals surface area contributed by atoms with E-state index in [0.717, 1.165) is 43.5 Å². The van der Waals surface area contributed by atoms with Crippen LogP contribution in [0.2, 0.25) is 0 Å². The van der Waals surface area contributed by atoms with Crippen LogP contribution in [0.3, 0.4) is 0 Å². The van der Waals surface area contributed by atoms with Gasteiger partial charge in [-0.05, 0) is 26.7 Å². The van der Waals surface area contributed by atoms with Crippen molar-refractivity contribution in [1.82, 2.24) is 9.97 Å². The molecule has 5 nitrogen and oxygen atoms in total. The Bertz CT molecular complexity index is 464. The van der Waals surface area contributed by atoms with E-state index >= 15 is 0 Å². The van der Waals surface area contributed by atoms with E-state index in [9.17, 15) is 0 Å². The quantitative estimate of drug-likeness (QED) is 0.843. The molecule has 0 aromatic carbocycles. The van der Waals surface area contributed by atoms with Crippen molar-refractivity contribution in [3.05, 3.63) is 11.9 Å². The first-order valence-corrected chi connectivity index (χ1v) is 7.94. The lowest BCUT2D eigenvalue weighted by molar-refractivity contribution is 0.00292. The van der Waals surface area contributed by atoms with Gasteiger partial charge in [0.15, 0.2) is 0 Å². The summed E-state index contributed by atoms with van der Waals surface area (Å²) in [7, 11) is 0. The number of nitrogens with zero attached hydrogens (tertiary/aromatic N) is 2. The SMILES string of the molecule is CCNc1cc(NC2CC(OCC)C2)nc(C(C)(C)C)n1. The van der Waals surface area contributed by atoms with E-state index in [1.807, 2.05) is 13.0 Å². The molecule has 1 aromatic rings. The molecular weight excluding hydrogens is 264 g/mol. The Morgan fingerprint density at radius 1 is 1.19 bits per heavy atom. The summed E-state index contributed by atoms with van der Waals surface area (Å²) in [5.74, 6) is 2.66. The molecule has 1 aliphatic carbocycles. The Hall–Kier alpha value is -1.36. The lowest BCUT2D eigenvalue weighted by Gasteiger charge is -2.35. The Kier molecular flexibility index (Phi) is 5.04. The number of ether oxygens (including phenoxy) is 1. The second-order valence-corrected chi connectivity index (χ2v) is 6.63. The van der Waals surface area contributed by atoms with Gasteiger partial charge >= 0.3 is 0 Å². The molecule has 0 radical (unpaired) electrons. The molecule has 5 heteroatoms. The summed E-state index contributed by atoms with van der Waals surface area (Å²) in [5, 5.41) is 6.79. The van der Waals surface area contributed by atoms with Crippen molar-refractivity contribution in [1.29, 1.82) is 0 Å². The maximum atomic E-state index is 5.60. The zero-order valence-electron chi connectivity index (χ0n) is 13.9. The first-order chi connectivity index (χ1) is 9.92. The summed E-state index contributed by atoms with van der Waals surface area (Å²) in [6.07, 6.45) is 2.52. The molecular formula is C16H28N4O. The lowest BCUT2D eigenvalue weighted by atomic mass is 9.89. The van der Waals surface area contributed by atoms with Crippen LogP contribution in [0.15, 0.2) is 6.07 Å². The molecule has 1 fully saturated rings. The molecule has 1 aliphatic rings. The van der Waals surface area contributed by atoms with Crippen molar-refractivity contribution >= 4 is 11.6 Å². The van der Waals surface area contributed by atoms with E-state index in [4.69, 9.17) is 4.74 Å². The highest BCUT2D eigenvalue weighted by atomic mass is 16.5.